The van der Waals surface area contributed by atoms with Crippen LogP contribution in [0.3, 0.4) is 0 Å². The fourth-order valence-corrected chi connectivity index (χ4v) is 4.22. The number of nitrogens with zero attached hydrogens (tertiary/aromatic N) is 2. The van der Waals surface area contributed by atoms with Crippen LogP contribution in [-0.2, 0) is 16.1 Å². The number of hydrogen-bond donors (Lipinski definition) is 1. The number of thioether (sulfide) groups is 1. The zero-order chi connectivity index (χ0) is 23.2. The molecule has 0 aliphatic carbocycles. The molecule has 1 N–H and O–H groups in total. The van der Waals surface area contributed by atoms with E-state index in [-0.39, 0.29) is 5.91 Å². The molecule has 3 aromatic rings. The molecule has 33 heavy (non-hydrogen) atoms. The third-order valence-corrected chi connectivity index (χ3v) is 5.86. The summed E-state index contributed by atoms with van der Waals surface area (Å²) in [4.78, 5) is 31.0. The topological polar surface area (TPSA) is 79.2 Å². The number of amides is 1. The van der Waals surface area contributed by atoms with Gasteiger partial charge in [-0.15, -0.1) is 0 Å². The van der Waals surface area contributed by atoms with Crippen molar-refractivity contribution in [3.05, 3.63) is 100 Å². The van der Waals surface area contributed by atoms with E-state index in [0.717, 1.165) is 22.4 Å². The summed E-state index contributed by atoms with van der Waals surface area (Å²) in [6.07, 6.45) is 1.77. The second kappa shape index (κ2) is 10.2. The lowest BCUT2D eigenvalue weighted by molar-refractivity contribution is -0.139. The van der Waals surface area contributed by atoms with Crippen molar-refractivity contribution in [2.75, 3.05) is 6.61 Å². The zero-order valence-corrected chi connectivity index (χ0v) is 18.8. The van der Waals surface area contributed by atoms with Gasteiger partial charge >= 0.3 is 5.97 Å². The molecular weight excluding hydrogens is 436 g/mol. The standard InChI is InChI=1S/C26H22N2O4S/c1-18-10-12-21(13-11-18)27-26-28(16-19-6-3-2-4-7-19)25(31)23(33-26)15-20-8-5-9-22(14-20)32-17-24(29)30/h2-15H,16-17H2,1H3,(H,29,30)/b23-15-,27-26?. The largest absolute Gasteiger partial charge is 0.482 e. The Morgan fingerprint density at radius 1 is 1.06 bits per heavy atom. The van der Waals surface area contributed by atoms with Crippen molar-refractivity contribution >= 4 is 40.6 Å². The lowest BCUT2D eigenvalue weighted by Gasteiger charge is -2.15. The van der Waals surface area contributed by atoms with Gasteiger partial charge in [0.25, 0.3) is 5.91 Å². The van der Waals surface area contributed by atoms with Crippen molar-refractivity contribution in [3.8, 4) is 5.75 Å². The Labute approximate surface area is 196 Å². The van der Waals surface area contributed by atoms with Gasteiger partial charge in [-0.3, -0.25) is 9.69 Å². The SMILES string of the molecule is Cc1ccc(N=C2S/C(=C\c3cccc(OCC(=O)O)c3)C(=O)N2Cc2ccccc2)cc1. The van der Waals surface area contributed by atoms with Gasteiger partial charge < -0.3 is 9.84 Å². The summed E-state index contributed by atoms with van der Waals surface area (Å²) in [6.45, 7) is 2.00. The Kier molecular flexibility index (Phi) is 6.90. The normalized spacial score (nSPS) is 15.9. The number of carboxylic acids is 1. The van der Waals surface area contributed by atoms with Crippen LogP contribution in [0.4, 0.5) is 5.69 Å². The number of carboxylic acid groups (broad SMARTS) is 1. The highest BCUT2D eigenvalue weighted by Gasteiger charge is 2.33. The summed E-state index contributed by atoms with van der Waals surface area (Å²) >= 11 is 1.32. The van der Waals surface area contributed by atoms with Gasteiger partial charge in [-0.1, -0.05) is 60.2 Å². The van der Waals surface area contributed by atoms with Gasteiger partial charge in [0.15, 0.2) is 11.8 Å². The van der Waals surface area contributed by atoms with Crippen LogP contribution in [0.5, 0.6) is 5.75 Å². The van der Waals surface area contributed by atoms with Crippen molar-refractivity contribution in [2.24, 2.45) is 4.99 Å². The van der Waals surface area contributed by atoms with Crippen molar-refractivity contribution in [3.63, 3.8) is 0 Å². The molecule has 0 spiro atoms. The van der Waals surface area contributed by atoms with Crippen molar-refractivity contribution < 1.29 is 19.4 Å². The Hall–Kier alpha value is -3.84. The first kappa shape index (κ1) is 22.4. The van der Waals surface area contributed by atoms with E-state index in [1.807, 2.05) is 67.6 Å². The number of rotatable bonds is 7. The molecule has 4 rings (SSSR count). The van der Waals surface area contributed by atoms with Crippen LogP contribution in [-0.4, -0.2) is 33.7 Å². The number of hydrogen-bond acceptors (Lipinski definition) is 5. The molecule has 0 radical (unpaired) electrons. The van der Waals surface area contributed by atoms with Gasteiger partial charge in [-0.2, -0.15) is 0 Å². The van der Waals surface area contributed by atoms with Gasteiger partial charge in [0.1, 0.15) is 5.75 Å². The first-order valence-corrected chi connectivity index (χ1v) is 11.1. The zero-order valence-electron chi connectivity index (χ0n) is 18.0. The minimum atomic E-state index is -1.05. The molecule has 0 atom stereocenters. The number of ether oxygens (including phenoxy) is 1. The third-order valence-electron chi connectivity index (χ3n) is 4.85. The number of aliphatic imine (C=N–C) groups is 1. The summed E-state index contributed by atoms with van der Waals surface area (Å²) in [6, 6.07) is 24.6. The smallest absolute Gasteiger partial charge is 0.341 e. The third kappa shape index (κ3) is 5.90. The molecule has 3 aromatic carbocycles. The van der Waals surface area contributed by atoms with Crippen LogP contribution in [0.15, 0.2) is 88.8 Å². The van der Waals surface area contributed by atoms with Crippen molar-refractivity contribution in [2.45, 2.75) is 13.5 Å². The van der Waals surface area contributed by atoms with Crippen LogP contribution >= 0.6 is 11.8 Å². The van der Waals surface area contributed by atoms with Gasteiger partial charge in [-0.25, -0.2) is 9.79 Å². The predicted molar refractivity (Wildman–Crippen MR) is 130 cm³/mol. The summed E-state index contributed by atoms with van der Waals surface area (Å²) in [5.41, 5.74) is 3.67. The summed E-state index contributed by atoms with van der Waals surface area (Å²) < 4.78 is 5.25. The van der Waals surface area contributed by atoms with Gasteiger partial charge in [0, 0.05) is 0 Å². The average Bonchev–Trinajstić information content (AvgIpc) is 3.09. The number of amidine groups is 1. The summed E-state index contributed by atoms with van der Waals surface area (Å²) in [5, 5.41) is 9.43. The maximum absolute atomic E-state index is 13.3. The van der Waals surface area contributed by atoms with Crippen molar-refractivity contribution in [1.82, 2.24) is 4.90 Å². The Morgan fingerprint density at radius 3 is 2.55 bits per heavy atom. The van der Waals surface area contributed by atoms with E-state index in [4.69, 9.17) is 14.8 Å². The lowest BCUT2D eigenvalue weighted by atomic mass is 10.2. The fraction of sp³-hybridized carbons (Fsp3) is 0.115. The van der Waals surface area contributed by atoms with E-state index in [1.165, 1.54) is 11.8 Å². The van der Waals surface area contributed by atoms with E-state index in [9.17, 15) is 9.59 Å². The maximum Gasteiger partial charge on any atom is 0.341 e. The number of carbonyl (C=O) groups is 2. The monoisotopic (exact) mass is 458 g/mol. The number of aryl methyl sites for hydroxylation is 1. The molecule has 1 fully saturated rings. The summed E-state index contributed by atoms with van der Waals surface area (Å²) in [7, 11) is 0. The molecular formula is C26H22N2O4S. The minimum Gasteiger partial charge on any atom is -0.482 e. The Morgan fingerprint density at radius 2 is 1.82 bits per heavy atom. The molecule has 0 saturated carbocycles. The van der Waals surface area contributed by atoms with E-state index in [0.29, 0.717) is 22.4 Å². The number of aliphatic carboxylic acids is 1. The van der Waals surface area contributed by atoms with Crippen molar-refractivity contribution in [1.29, 1.82) is 0 Å². The fourth-order valence-electron chi connectivity index (χ4n) is 3.22. The molecule has 7 heteroatoms. The van der Waals surface area contributed by atoms with Crippen LogP contribution in [0.25, 0.3) is 6.08 Å². The molecule has 6 nitrogen and oxygen atoms in total. The van der Waals surface area contributed by atoms with E-state index < -0.39 is 12.6 Å². The second-order valence-corrected chi connectivity index (χ2v) is 8.48. The molecule has 1 aliphatic rings. The van der Waals surface area contributed by atoms with Gasteiger partial charge in [-0.05, 0) is 60.2 Å². The molecule has 0 aromatic heterocycles. The van der Waals surface area contributed by atoms with E-state index in [2.05, 4.69) is 0 Å². The molecule has 0 unspecified atom stereocenters. The quantitative estimate of drug-likeness (QED) is 0.489. The molecule has 166 valence electrons. The first-order valence-electron chi connectivity index (χ1n) is 10.3. The minimum absolute atomic E-state index is 0.133. The highest BCUT2D eigenvalue weighted by atomic mass is 32.2. The number of benzene rings is 3. The van der Waals surface area contributed by atoms with E-state index in [1.54, 1.807) is 29.2 Å². The number of carbonyl (C=O) groups excluding carboxylic acids is 1. The van der Waals surface area contributed by atoms with Crippen LogP contribution in [0, 0.1) is 6.92 Å². The molecule has 1 heterocycles. The molecule has 1 amide bonds. The second-order valence-electron chi connectivity index (χ2n) is 7.47. The molecule has 1 saturated heterocycles. The average molecular weight is 459 g/mol. The maximum atomic E-state index is 13.3. The highest BCUT2D eigenvalue weighted by molar-refractivity contribution is 8.18. The summed E-state index contributed by atoms with van der Waals surface area (Å²) in [5.74, 6) is -0.753. The Bertz CT molecular complexity index is 1220. The molecule has 1 aliphatic heterocycles. The van der Waals surface area contributed by atoms with Gasteiger partial charge in [0.05, 0.1) is 17.1 Å². The molecule has 0 bridgehead atoms. The Balaban J connectivity index is 1.64. The van der Waals surface area contributed by atoms with Crippen LogP contribution < -0.4 is 4.74 Å². The van der Waals surface area contributed by atoms with Crippen LogP contribution in [0.1, 0.15) is 16.7 Å². The van der Waals surface area contributed by atoms with E-state index >= 15 is 0 Å². The lowest BCUT2D eigenvalue weighted by Crippen LogP contribution is -2.28. The first-order chi connectivity index (χ1) is 16.0. The van der Waals surface area contributed by atoms with Crippen LogP contribution in [0.2, 0.25) is 0 Å². The highest BCUT2D eigenvalue weighted by Crippen LogP contribution is 2.35. The predicted octanol–water partition coefficient (Wildman–Crippen LogP) is 5.26. The van der Waals surface area contributed by atoms with Gasteiger partial charge in [0.2, 0.25) is 0 Å².